The van der Waals surface area contributed by atoms with Gasteiger partial charge >= 0.3 is 5.97 Å². The van der Waals surface area contributed by atoms with Crippen LogP contribution < -0.4 is 5.73 Å². The van der Waals surface area contributed by atoms with Crippen molar-refractivity contribution in [1.82, 2.24) is 0 Å². The summed E-state index contributed by atoms with van der Waals surface area (Å²) in [6.07, 6.45) is 0. The van der Waals surface area contributed by atoms with Crippen molar-refractivity contribution in [3.8, 4) is 5.75 Å². The summed E-state index contributed by atoms with van der Waals surface area (Å²) in [5.41, 5.74) is 5.96. The second-order valence-electron chi connectivity index (χ2n) is 3.11. The number of ether oxygens (including phenoxy) is 2. The first-order chi connectivity index (χ1) is 7.65. The Bertz CT molecular complexity index is 365. The van der Waals surface area contributed by atoms with Gasteiger partial charge in [0.1, 0.15) is 17.9 Å². The molecule has 0 saturated carbocycles. The van der Waals surface area contributed by atoms with E-state index in [-0.39, 0.29) is 17.9 Å². The molecule has 5 nitrogen and oxygen atoms in total. The van der Waals surface area contributed by atoms with E-state index in [9.17, 15) is 9.90 Å². The number of carbonyl (C=O) groups is 1. The maximum atomic E-state index is 11.5. The van der Waals surface area contributed by atoms with Gasteiger partial charge in [-0.05, 0) is 25.1 Å². The number of benzene rings is 1. The summed E-state index contributed by atoms with van der Waals surface area (Å²) in [5, 5.41) is 9.42. The van der Waals surface area contributed by atoms with Gasteiger partial charge in [0.25, 0.3) is 0 Å². The second kappa shape index (κ2) is 5.97. The predicted octanol–water partition coefficient (Wildman–Crippen LogP) is 1.17. The number of rotatable bonds is 5. The third-order valence-corrected chi connectivity index (χ3v) is 1.91. The van der Waals surface area contributed by atoms with Gasteiger partial charge in [-0.2, -0.15) is 0 Å². The Balaban J connectivity index is 2.55. The standard InChI is InChI=1S/C11H15NO4/c1-2-15-5-6-16-11(14)9-7-8(12)3-4-10(9)13/h3-4,7,13H,2,5-6,12H2,1H3. The fourth-order valence-corrected chi connectivity index (χ4v) is 1.13. The van der Waals surface area contributed by atoms with E-state index in [0.717, 1.165) is 0 Å². The molecule has 0 aromatic heterocycles. The van der Waals surface area contributed by atoms with Gasteiger partial charge in [-0.15, -0.1) is 0 Å². The first-order valence-electron chi connectivity index (χ1n) is 4.98. The quantitative estimate of drug-likeness (QED) is 0.340. The van der Waals surface area contributed by atoms with Gasteiger partial charge in [0.15, 0.2) is 0 Å². The number of nitrogen functional groups attached to an aromatic ring is 1. The average molecular weight is 225 g/mol. The highest BCUT2D eigenvalue weighted by Gasteiger charge is 2.12. The zero-order chi connectivity index (χ0) is 12.0. The van der Waals surface area contributed by atoms with E-state index >= 15 is 0 Å². The molecule has 0 aliphatic heterocycles. The molecule has 0 fully saturated rings. The smallest absolute Gasteiger partial charge is 0.342 e. The van der Waals surface area contributed by atoms with Crippen LogP contribution in [-0.4, -0.2) is 30.9 Å². The molecule has 1 rings (SSSR count). The van der Waals surface area contributed by atoms with Crippen LogP contribution in [0.4, 0.5) is 5.69 Å². The Morgan fingerprint density at radius 3 is 2.88 bits per heavy atom. The molecule has 0 radical (unpaired) electrons. The highest BCUT2D eigenvalue weighted by Crippen LogP contribution is 2.20. The molecule has 0 bridgehead atoms. The minimum Gasteiger partial charge on any atom is -0.507 e. The Hall–Kier alpha value is -1.75. The predicted molar refractivity (Wildman–Crippen MR) is 59.3 cm³/mol. The SMILES string of the molecule is CCOCCOC(=O)c1cc(N)ccc1O. The lowest BCUT2D eigenvalue weighted by atomic mass is 10.2. The number of carbonyl (C=O) groups excluding carboxylic acids is 1. The molecule has 0 aliphatic rings. The number of anilines is 1. The molecule has 16 heavy (non-hydrogen) atoms. The summed E-state index contributed by atoms with van der Waals surface area (Å²) in [5.74, 6) is -0.750. The maximum Gasteiger partial charge on any atom is 0.342 e. The number of hydrogen-bond donors (Lipinski definition) is 2. The van der Waals surface area contributed by atoms with E-state index < -0.39 is 5.97 Å². The average Bonchev–Trinajstić information content (AvgIpc) is 2.27. The van der Waals surface area contributed by atoms with Gasteiger partial charge in [0.05, 0.1) is 6.61 Å². The molecule has 0 aliphatic carbocycles. The van der Waals surface area contributed by atoms with Crippen LogP contribution in [0.2, 0.25) is 0 Å². The zero-order valence-corrected chi connectivity index (χ0v) is 9.10. The van der Waals surface area contributed by atoms with Gasteiger partial charge < -0.3 is 20.3 Å². The van der Waals surface area contributed by atoms with Crippen molar-refractivity contribution >= 4 is 11.7 Å². The number of hydrogen-bond acceptors (Lipinski definition) is 5. The van der Waals surface area contributed by atoms with Crippen LogP contribution >= 0.6 is 0 Å². The highest BCUT2D eigenvalue weighted by atomic mass is 16.6. The van der Waals surface area contributed by atoms with Crippen LogP contribution in [-0.2, 0) is 9.47 Å². The summed E-state index contributed by atoms with van der Waals surface area (Å²) in [7, 11) is 0. The molecule has 1 aromatic rings. The van der Waals surface area contributed by atoms with E-state index in [1.165, 1.54) is 18.2 Å². The number of esters is 1. The van der Waals surface area contributed by atoms with Crippen molar-refractivity contribution in [2.75, 3.05) is 25.6 Å². The zero-order valence-electron chi connectivity index (χ0n) is 9.10. The van der Waals surface area contributed by atoms with Gasteiger partial charge in [-0.25, -0.2) is 4.79 Å². The lowest BCUT2D eigenvalue weighted by Gasteiger charge is -2.06. The van der Waals surface area contributed by atoms with Gasteiger partial charge in [-0.1, -0.05) is 0 Å². The molecule has 3 N–H and O–H groups in total. The fourth-order valence-electron chi connectivity index (χ4n) is 1.13. The molecule has 88 valence electrons. The Morgan fingerprint density at radius 1 is 1.44 bits per heavy atom. The molecule has 5 heteroatoms. The molecule has 0 heterocycles. The molecule has 0 atom stereocenters. The molecule has 0 spiro atoms. The fraction of sp³-hybridized carbons (Fsp3) is 0.364. The molecule has 1 aromatic carbocycles. The number of phenolic OH excluding ortho intramolecular Hbond substituents is 1. The number of phenols is 1. The van der Waals surface area contributed by atoms with Crippen LogP contribution in [0, 0.1) is 0 Å². The Morgan fingerprint density at radius 2 is 2.19 bits per heavy atom. The van der Waals surface area contributed by atoms with Crippen molar-refractivity contribution in [3.63, 3.8) is 0 Å². The molecular weight excluding hydrogens is 210 g/mol. The minimum absolute atomic E-state index is 0.0662. The van der Waals surface area contributed by atoms with E-state index in [0.29, 0.717) is 18.9 Å². The monoisotopic (exact) mass is 225 g/mol. The second-order valence-corrected chi connectivity index (χ2v) is 3.11. The normalized spacial score (nSPS) is 10.1. The first kappa shape index (κ1) is 12.3. The summed E-state index contributed by atoms with van der Waals surface area (Å²) < 4.78 is 9.90. The largest absolute Gasteiger partial charge is 0.507 e. The van der Waals surface area contributed by atoms with Crippen molar-refractivity contribution in [2.45, 2.75) is 6.92 Å². The Kier molecular flexibility index (Phi) is 4.60. The third-order valence-electron chi connectivity index (χ3n) is 1.91. The van der Waals surface area contributed by atoms with E-state index in [1.807, 2.05) is 6.92 Å². The van der Waals surface area contributed by atoms with Crippen molar-refractivity contribution in [1.29, 1.82) is 0 Å². The molecule has 0 saturated heterocycles. The van der Waals surface area contributed by atoms with E-state index in [2.05, 4.69) is 0 Å². The van der Waals surface area contributed by atoms with Crippen LogP contribution in [0.1, 0.15) is 17.3 Å². The van der Waals surface area contributed by atoms with Crippen LogP contribution in [0.25, 0.3) is 0 Å². The van der Waals surface area contributed by atoms with Gasteiger partial charge in [-0.3, -0.25) is 0 Å². The molecular formula is C11H15NO4. The van der Waals surface area contributed by atoms with Crippen molar-refractivity contribution < 1.29 is 19.4 Å². The van der Waals surface area contributed by atoms with Crippen molar-refractivity contribution in [2.24, 2.45) is 0 Å². The lowest BCUT2D eigenvalue weighted by Crippen LogP contribution is -2.11. The van der Waals surface area contributed by atoms with E-state index in [1.54, 1.807) is 0 Å². The third kappa shape index (κ3) is 3.43. The number of aromatic hydroxyl groups is 1. The van der Waals surface area contributed by atoms with Crippen molar-refractivity contribution in [3.05, 3.63) is 23.8 Å². The summed E-state index contributed by atoms with van der Waals surface area (Å²) >= 11 is 0. The van der Waals surface area contributed by atoms with Crippen LogP contribution in [0.5, 0.6) is 5.75 Å². The number of nitrogens with two attached hydrogens (primary N) is 1. The van der Waals surface area contributed by atoms with Gasteiger partial charge in [0.2, 0.25) is 0 Å². The first-order valence-corrected chi connectivity index (χ1v) is 4.98. The minimum atomic E-state index is -0.607. The molecule has 0 unspecified atom stereocenters. The van der Waals surface area contributed by atoms with E-state index in [4.69, 9.17) is 15.2 Å². The molecule has 0 amide bonds. The summed E-state index contributed by atoms with van der Waals surface area (Å²) in [6.45, 7) is 2.92. The van der Waals surface area contributed by atoms with Crippen LogP contribution in [0.15, 0.2) is 18.2 Å². The highest BCUT2D eigenvalue weighted by molar-refractivity contribution is 5.93. The lowest BCUT2D eigenvalue weighted by molar-refractivity contribution is 0.0332. The maximum absolute atomic E-state index is 11.5. The summed E-state index contributed by atoms with van der Waals surface area (Å²) in [6, 6.07) is 4.24. The summed E-state index contributed by atoms with van der Waals surface area (Å²) in [4.78, 5) is 11.5. The van der Waals surface area contributed by atoms with Crippen LogP contribution in [0.3, 0.4) is 0 Å². The topological polar surface area (TPSA) is 81.8 Å². The van der Waals surface area contributed by atoms with Gasteiger partial charge in [0, 0.05) is 12.3 Å². The Labute approximate surface area is 93.8 Å².